The van der Waals surface area contributed by atoms with Crippen molar-refractivity contribution in [1.29, 1.82) is 5.41 Å². The van der Waals surface area contributed by atoms with Gasteiger partial charge in [-0.15, -0.1) is 0 Å². The standard InChI is InChI=1S/C10H21N3/c1-8(10(11)12)7-13(2)9-5-3-4-6-9/h8-9H,3-7H2,1-2H3,(H3,11,12). The van der Waals surface area contributed by atoms with E-state index in [1.54, 1.807) is 0 Å². The Morgan fingerprint density at radius 3 is 2.54 bits per heavy atom. The highest BCUT2D eigenvalue weighted by molar-refractivity contribution is 5.79. The minimum atomic E-state index is 0.200. The third kappa shape index (κ3) is 2.99. The van der Waals surface area contributed by atoms with Gasteiger partial charge in [0.25, 0.3) is 0 Å². The first kappa shape index (κ1) is 10.5. The summed E-state index contributed by atoms with van der Waals surface area (Å²) in [4.78, 5) is 2.36. The van der Waals surface area contributed by atoms with Gasteiger partial charge in [-0.1, -0.05) is 19.8 Å². The fourth-order valence-electron chi connectivity index (χ4n) is 2.02. The van der Waals surface area contributed by atoms with E-state index in [1.165, 1.54) is 25.7 Å². The van der Waals surface area contributed by atoms with E-state index >= 15 is 0 Å². The van der Waals surface area contributed by atoms with Gasteiger partial charge in [0.15, 0.2) is 0 Å². The molecule has 1 rings (SSSR count). The lowest BCUT2D eigenvalue weighted by atomic mass is 10.1. The molecule has 0 radical (unpaired) electrons. The molecule has 1 fully saturated rings. The maximum absolute atomic E-state index is 7.32. The van der Waals surface area contributed by atoms with Crippen molar-refractivity contribution in [2.24, 2.45) is 11.7 Å². The summed E-state index contributed by atoms with van der Waals surface area (Å²) in [6.07, 6.45) is 5.37. The van der Waals surface area contributed by atoms with Crippen LogP contribution in [0.25, 0.3) is 0 Å². The number of nitrogens with two attached hydrogens (primary N) is 1. The van der Waals surface area contributed by atoms with Gasteiger partial charge in [0, 0.05) is 18.5 Å². The van der Waals surface area contributed by atoms with Gasteiger partial charge in [0.2, 0.25) is 0 Å². The minimum Gasteiger partial charge on any atom is -0.387 e. The van der Waals surface area contributed by atoms with Crippen molar-refractivity contribution in [3.8, 4) is 0 Å². The van der Waals surface area contributed by atoms with E-state index in [1.807, 2.05) is 6.92 Å². The van der Waals surface area contributed by atoms with Crippen LogP contribution in [0.3, 0.4) is 0 Å². The van der Waals surface area contributed by atoms with E-state index in [9.17, 15) is 0 Å². The summed E-state index contributed by atoms with van der Waals surface area (Å²) in [5.74, 6) is 0.510. The SMILES string of the molecule is CC(CN(C)C1CCCC1)C(=N)N. The van der Waals surface area contributed by atoms with Crippen molar-refractivity contribution in [2.75, 3.05) is 13.6 Å². The van der Waals surface area contributed by atoms with Crippen molar-refractivity contribution in [3.63, 3.8) is 0 Å². The normalized spacial score (nSPS) is 20.8. The van der Waals surface area contributed by atoms with Gasteiger partial charge in [0.05, 0.1) is 5.84 Å². The summed E-state index contributed by atoms with van der Waals surface area (Å²) >= 11 is 0. The van der Waals surface area contributed by atoms with E-state index < -0.39 is 0 Å². The summed E-state index contributed by atoms with van der Waals surface area (Å²) in [7, 11) is 2.15. The molecule has 1 atom stereocenters. The third-order valence-electron chi connectivity index (χ3n) is 3.04. The van der Waals surface area contributed by atoms with Crippen LogP contribution in [0.5, 0.6) is 0 Å². The molecule has 3 heteroatoms. The lowest BCUT2D eigenvalue weighted by molar-refractivity contribution is 0.232. The Morgan fingerprint density at radius 2 is 2.08 bits per heavy atom. The Hall–Kier alpha value is -0.570. The van der Waals surface area contributed by atoms with Crippen molar-refractivity contribution < 1.29 is 0 Å². The number of nitrogens with zero attached hydrogens (tertiary/aromatic N) is 1. The number of nitrogens with one attached hydrogen (secondary N) is 1. The molecule has 1 saturated carbocycles. The van der Waals surface area contributed by atoms with E-state index in [0.29, 0.717) is 5.84 Å². The zero-order valence-electron chi connectivity index (χ0n) is 8.71. The molecule has 76 valence electrons. The number of amidine groups is 1. The van der Waals surface area contributed by atoms with Gasteiger partial charge in [-0.25, -0.2) is 0 Å². The van der Waals surface area contributed by atoms with Crippen molar-refractivity contribution in [3.05, 3.63) is 0 Å². The highest BCUT2D eigenvalue weighted by atomic mass is 15.1. The summed E-state index contributed by atoms with van der Waals surface area (Å²) in [6.45, 7) is 2.95. The Morgan fingerprint density at radius 1 is 1.54 bits per heavy atom. The van der Waals surface area contributed by atoms with E-state index in [2.05, 4.69) is 11.9 Å². The van der Waals surface area contributed by atoms with Crippen LogP contribution in [-0.4, -0.2) is 30.4 Å². The molecule has 3 N–H and O–H groups in total. The second kappa shape index (κ2) is 4.61. The van der Waals surface area contributed by atoms with Gasteiger partial charge < -0.3 is 10.6 Å². The molecular formula is C10H21N3. The Kier molecular flexibility index (Phi) is 3.72. The fourth-order valence-corrected chi connectivity index (χ4v) is 2.02. The van der Waals surface area contributed by atoms with Gasteiger partial charge in [0.1, 0.15) is 0 Å². The monoisotopic (exact) mass is 183 g/mol. The van der Waals surface area contributed by atoms with Gasteiger partial charge in [-0.05, 0) is 19.9 Å². The Bertz CT molecular complexity index is 173. The second-order valence-corrected chi connectivity index (χ2v) is 4.23. The average molecular weight is 183 g/mol. The van der Waals surface area contributed by atoms with Crippen molar-refractivity contribution in [1.82, 2.24) is 4.90 Å². The smallest absolute Gasteiger partial charge is 0.0947 e. The number of rotatable bonds is 4. The molecule has 3 nitrogen and oxygen atoms in total. The summed E-state index contributed by atoms with van der Waals surface area (Å²) in [5.41, 5.74) is 5.44. The first-order valence-corrected chi connectivity index (χ1v) is 5.15. The summed E-state index contributed by atoms with van der Waals surface area (Å²) in [6, 6.07) is 0.738. The fraction of sp³-hybridized carbons (Fsp3) is 0.900. The van der Waals surface area contributed by atoms with Gasteiger partial charge in [-0.2, -0.15) is 0 Å². The molecule has 1 aliphatic carbocycles. The van der Waals surface area contributed by atoms with Gasteiger partial charge in [-0.3, -0.25) is 5.41 Å². The number of hydrogen-bond donors (Lipinski definition) is 2. The lowest BCUT2D eigenvalue weighted by Crippen LogP contribution is -2.37. The van der Waals surface area contributed by atoms with Crippen LogP contribution in [0.2, 0.25) is 0 Å². The van der Waals surface area contributed by atoms with Crippen LogP contribution in [0.1, 0.15) is 32.6 Å². The topological polar surface area (TPSA) is 53.1 Å². The van der Waals surface area contributed by atoms with E-state index in [4.69, 9.17) is 11.1 Å². The van der Waals surface area contributed by atoms with Gasteiger partial charge >= 0.3 is 0 Å². The summed E-state index contributed by atoms with van der Waals surface area (Å²) < 4.78 is 0. The maximum Gasteiger partial charge on any atom is 0.0947 e. The highest BCUT2D eigenvalue weighted by Crippen LogP contribution is 2.22. The highest BCUT2D eigenvalue weighted by Gasteiger charge is 2.21. The van der Waals surface area contributed by atoms with Crippen LogP contribution < -0.4 is 5.73 Å². The summed E-state index contributed by atoms with van der Waals surface area (Å²) in [5, 5.41) is 7.32. The maximum atomic E-state index is 7.32. The molecule has 0 aromatic carbocycles. The quantitative estimate of drug-likeness (QED) is 0.512. The molecule has 13 heavy (non-hydrogen) atoms. The van der Waals surface area contributed by atoms with Crippen LogP contribution in [-0.2, 0) is 0 Å². The Balaban J connectivity index is 2.30. The predicted molar refractivity (Wildman–Crippen MR) is 56.0 cm³/mol. The molecule has 0 amide bonds. The molecule has 0 aliphatic heterocycles. The second-order valence-electron chi connectivity index (χ2n) is 4.23. The predicted octanol–water partition coefficient (Wildman–Crippen LogP) is 1.43. The third-order valence-corrected chi connectivity index (χ3v) is 3.04. The Labute approximate surface area is 80.8 Å². The van der Waals surface area contributed by atoms with Crippen LogP contribution in [0.15, 0.2) is 0 Å². The van der Waals surface area contributed by atoms with Crippen LogP contribution in [0.4, 0.5) is 0 Å². The molecular weight excluding hydrogens is 162 g/mol. The molecule has 0 aromatic rings. The lowest BCUT2D eigenvalue weighted by Gasteiger charge is -2.26. The van der Waals surface area contributed by atoms with E-state index in [0.717, 1.165) is 12.6 Å². The van der Waals surface area contributed by atoms with Crippen LogP contribution >= 0.6 is 0 Å². The molecule has 1 aliphatic rings. The number of hydrogen-bond acceptors (Lipinski definition) is 2. The zero-order valence-corrected chi connectivity index (χ0v) is 8.71. The van der Waals surface area contributed by atoms with E-state index in [-0.39, 0.29) is 5.92 Å². The van der Waals surface area contributed by atoms with Crippen molar-refractivity contribution >= 4 is 5.84 Å². The molecule has 1 unspecified atom stereocenters. The molecule has 0 heterocycles. The zero-order chi connectivity index (χ0) is 9.84. The first-order valence-electron chi connectivity index (χ1n) is 5.15. The largest absolute Gasteiger partial charge is 0.387 e. The minimum absolute atomic E-state index is 0.200. The average Bonchev–Trinajstić information content (AvgIpc) is 2.55. The molecule has 0 spiro atoms. The van der Waals surface area contributed by atoms with Crippen LogP contribution in [0, 0.1) is 11.3 Å². The molecule has 0 saturated heterocycles. The first-order chi connectivity index (χ1) is 6.11. The molecule has 0 bridgehead atoms. The van der Waals surface area contributed by atoms with Crippen molar-refractivity contribution in [2.45, 2.75) is 38.6 Å². The molecule has 0 aromatic heterocycles.